The van der Waals surface area contributed by atoms with Crippen molar-refractivity contribution in [2.24, 2.45) is 0 Å². The minimum atomic E-state index is 0.926. The number of aromatic nitrogens is 3. The first-order valence-corrected chi connectivity index (χ1v) is 12.7. The van der Waals surface area contributed by atoms with Crippen molar-refractivity contribution >= 4 is 9.58 Å². The molecule has 32 heavy (non-hydrogen) atoms. The zero-order valence-corrected chi connectivity index (χ0v) is 20.2. The normalized spacial score (nSPS) is 9.56. The van der Waals surface area contributed by atoms with Crippen LogP contribution in [0.2, 0.25) is 0 Å². The molecule has 0 radical (unpaired) electrons. The van der Waals surface area contributed by atoms with E-state index < -0.39 is 0 Å². The van der Waals surface area contributed by atoms with E-state index in [1.807, 2.05) is 97.1 Å². The fourth-order valence-electron chi connectivity index (χ4n) is 2.89. The minimum Gasteiger partial charge on any atom is -0.305 e. The molecule has 0 saturated heterocycles. The van der Waals surface area contributed by atoms with Crippen LogP contribution >= 0.6 is 9.58 Å². The van der Waals surface area contributed by atoms with Gasteiger partial charge in [0.1, 0.15) is 0 Å². The zero-order valence-electron chi connectivity index (χ0n) is 17.0. The molecule has 5 aromatic rings. The number of hydrogen-bond donors (Lipinski definition) is 0. The molecule has 3 nitrogen and oxygen atoms in total. The molecule has 0 spiro atoms. The molecule has 0 atom stereocenters. The van der Waals surface area contributed by atoms with Gasteiger partial charge in [-0.25, -0.2) is 0 Å². The van der Waals surface area contributed by atoms with Gasteiger partial charge >= 0.3 is 27.5 Å². The molecule has 0 bridgehead atoms. The van der Waals surface area contributed by atoms with E-state index in [4.69, 9.17) is 0 Å². The van der Waals surface area contributed by atoms with Gasteiger partial charge in [0, 0.05) is 30.0 Å². The van der Waals surface area contributed by atoms with E-state index in [2.05, 4.69) is 36.7 Å². The Labute approximate surface area is 203 Å². The van der Waals surface area contributed by atoms with E-state index in [0.29, 0.717) is 0 Å². The molecular formula is C27H19ClIrN3. The smallest absolute Gasteiger partial charge is 0.0183 e. The maximum atomic E-state index is 4.64. The van der Waals surface area contributed by atoms with Crippen LogP contribution in [0.1, 0.15) is 0 Å². The van der Waals surface area contributed by atoms with Gasteiger partial charge in [-0.05, 0) is 23.9 Å². The summed E-state index contributed by atoms with van der Waals surface area (Å²) in [5, 5.41) is 0. The molecule has 5 heteroatoms. The number of benzene rings is 2. The van der Waals surface area contributed by atoms with Gasteiger partial charge in [-0.1, -0.05) is 47.5 Å². The molecule has 0 saturated carbocycles. The Morgan fingerprint density at radius 2 is 0.938 bits per heavy atom. The summed E-state index contributed by atoms with van der Waals surface area (Å²) in [6.45, 7) is 0. The molecule has 0 fully saturated rings. The number of rotatable bonds is 3. The van der Waals surface area contributed by atoms with Gasteiger partial charge in [0.2, 0.25) is 0 Å². The van der Waals surface area contributed by atoms with Crippen molar-refractivity contribution in [3.8, 4) is 33.8 Å². The van der Waals surface area contributed by atoms with E-state index in [-0.39, 0.29) is 0 Å². The molecular weight excluding hydrogens is 594 g/mol. The number of hydrogen-bond acceptors (Lipinski definition) is 3. The molecule has 0 aliphatic rings. The van der Waals surface area contributed by atoms with Gasteiger partial charge < -0.3 is 4.98 Å². The predicted molar refractivity (Wildman–Crippen MR) is 126 cm³/mol. The fourth-order valence-corrected chi connectivity index (χ4v) is 2.89. The molecule has 0 aliphatic carbocycles. The Balaban J connectivity index is 0.000000180. The molecule has 2 aromatic carbocycles. The molecule has 0 amide bonds. The molecule has 5 rings (SSSR count). The van der Waals surface area contributed by atoms with Gasteiger partial charge in [-0.3, -0.25) is 9.97 Å². The van der Waals surface area contributed by atoms with Crippen LogP contribution in [-0.4, -0.2) is 15.0 Å². The Morgan fingerprint density at radius 3 is 1.34 bits per heavy atom. The predicted octanol–water partition coefficient (Wildman–Crippen LogP) is 6.85. The fraction of sp³-hybridized carbons (Fsp3) is 0. The Bertz CT molecular complexity index is 1080. The second-order valence-corrected chi connectivity index (χ2v) is 6.40. The van der Waals surface area contributed by atoms with E-state index in [9.17, 15) is 0 Å². The molecule has 0 aliphatic heterocycles. The van der Waals surface area contributed by atoms with Crippen molar-refractivity contribution in [1.82, 2.24) is 15.0 Å². The van der Waals surface area contributed by atoms with Crippen LogP contribution < -0.4 is 0 Å². The van der Waals surface area contributed by atoms with Gasteiger partial charge in [0.05, 0.1) is 0 Å². The second-order valence-electron chi connectivity index (χ2n) is 6.40. The van der Waals surface area contributed by atoms with E-state index in [1.165, 1.54) is 17.9 Å². The average molecular weight is 613 g/mol. The Kier molecular flexibility index (Phi) is 9.75. The molecule has 3 heterocycles. The van der Waals surface area contributed by atoms with Crippen molar-refractivity contribution in [3.05, 3.63) is 128 Å². The largest absolute Gasteiger partial charge is 0.305 e. The van der Waals surface area contributed by atoms with Crippen molar-refractivity contribution in [1.29, 1.82) is 0 Å². The molecule has 158 valence electrons. The monoisotopic (exact) mass is 613 g/mol. The van der Waals surface area contributed by atoms with Gasteiger partial charge in [0.15, 0.2) is 0 Å². The summed E-state index contributed by atoms with van der Waals surface area (Å²) >= 11 is 1.47. The van der Waals surface area contributed by atoms with Crippen LogP contribution in [-0.2, 0) is 17.9 Å². The summed E-state index contributed by atoms with van der Waals surface area (Å²) in [5.74, 6) is 0. The molecule has 3 aromatic heterocycles. The SMILES string of the molecule is [Cl][Ir+2].[c-]1c(-c2ccccn2)cccc1-c1ccccn1.[c-]1ccccc1-c1ccccn1. The number of halogens is 1. The van der Waals surface area contributed by atoms with E-state index in [0.717, 1.165) is 33.8 Å². The van der Waals surface area contributed by atoms with E-state index >= 15 is 0 Å². The quantitative estimate of drug-likeness (QED) is 0.209. The third-order valence-corrected chi connectivity index (χ3v) is 4.33. The van der Waals surface area contributed by atoms with Gasteiger partial charge in [-0.15, -0.1) is 60.2 Å². The minimum absolute atomic E-state index is 0.926. The third kappa shape index (κ3) is 6.93. The second kappa shape index (κ2) is 13.3. The van der Waals surface area contributed by atoms with Crippen molar-refractivity contribution in [2.75, 3.05) is 0 Å². The summed E-state index contributed by atoms with van der Waals surface area (Å²) in [5.41, 5.74) is 5.83. The van der Waals surface area contributed by atoms with Crippen LogP contribution in [0.5, 0.6) is 0 Å². The van der Waals surface area contributed by atoms with Gasteiger partial charge in [0.25, 0.3) is 0 Å². The average Bonchev–Trinajstić information content (AvgIpc) is 2.92. The van der Waals surface area contributed by atoms with Crippen LogP contribution in [0.25, 0.3) is 33.8 Å². The summed E-state index contributed by atoms with van der Waals surface area (Å²) < 4.78 is 0. The molecule has 0 N–H and O–H groups in total. The summed E-state index contributed by atoms with van der Waals surface area (Å²) in [4.78, 5) is 12.9. The first-order chi connectivity index (χ1) is 15.9. The first kappa shape index (κ1) is 23.5. The topological polar surface area (TPSA) is 38.7 Å². The maximum absolute atomic E-state index is 4.64. The summed E-state index contributed by atoms with van der Waals surface area (Å²) in [6, 6.07) is 37.9. The third-order valence-electron chi connectivity index (χ3n) is 4.33. The van der Waals surface area contributed by atoms with Crippen molar-refractivity contribution in [2.45, 2.75) is 0 Å². The first-order valence-electron chi connectivity index (χ1n) is 9.76. The summed E-state index contributed by atoms with van der Waals surface area (Å²) in [6.07, 6.45) is 5.36. The molecule has 0 unspecified atom stereocenters. The standard InChI is InChI=1S/C16H11N2.C11H8N.ClH.Ir/c1-3-10-17-15(8-1)13-6-5-7-14(12-13)16-9-2-4-11-18-16;1-2-6-10(7-3-1)11-8-4-5-9-12-11;;/h1-11H;1-6,8-9H;1H;/q2*-1;;+3/p-1. The van der Waals surface area contributed by atoms with Crippen LogP contribution in [0.15, 0.2) is 116 Å². The van der Waals surface area contributed by atoms with Crippen LogP contribution in [0.3, 0.4) is 0 Å². The van der Waals surface area contributed by atoms with Gasteiger partial charge in [-0.2, -0.15) is 0 Å². The number of nitrogens with zero attached hydrogens (tertiary/aromatic N) is 3. The summed E-state index contributed by atoms with van der Waals surface area (Å²) in [7, 11) is 4.64. The Hall–Kier alpha value is -3.17. The van der Waals surface area contributed by atoms with Crippen LogP contribution in [0, 0.1) is 12.1 Å². The Morgan fingerprint density at radius 1 is 0.500 bits per heavy atom. The van der Waals surface area contributed by atoms with Crippen molar-refractivity contribution in [3.63, 3.8) is 0 Å². The van der Waals surface area contributed by atoms with E-state index in [1.54, 1.807) is 18.6 Å². The zero-order chi connectivity index (χ0) is 22.4. The maximum Gasteiger partial charge on any atom is 0.0183 e. The van der Waals surface area contributed by atoms with Crippen LogP contribution in [0.4, 0.5) is 0 Å². The number of pyridine rings is 3. The van der Waals surface area contributed by atoms with Crippen molar-refractivity contribution < 1.29 is 17.9 Å².